The van der Waals surface area contributed by atoms with E-state index < -0.39 is 5.60 Å². The molecular formula is C12H16FNO. The topological polar surface area (TPSA) is 33.1 Å². The van der Waals surface area contributed by atoms with E-state index in [2.05, 4.69) is 4.98 Å². The van der Waals surface area contributed by atoms with Crippen molar-refractivity contribution in [1.29, 1.82) is 0 Å². The van der Waals surface area contributed by atoms with Crippen molar-refractivity contribution in [2.45, 2.75) is 44.1 Å². The van der Waals surface area contributed by atoms with Gasteiger partial charge in [0.05, 0.1) is 5.60 Å². The zero-order valence-corrected chi connectivity index (χ0v) is 8.91. The molecule has 1 N–H and O–H groups in total. The molecule has 0 spiro atoms. The molecule has 1 aromatic heterocycles. The average molecular weight is 209 g/mol. The quantitative estimate of drug-likeness (QED) is 0.721. The van der Waals surface area contributed by atoms with Crippen LogP contribution in [0.2, 0.25) is 0 Å². The van der Waals surface area contributed by atoms with E-state index >= 15 is 0 Å². The molecule has 0 saturated heterocycles. The molecule has 0 amide bonds. The summed E-state index contributed by atoms with van der Waals surface area (Å²) in [6.07, 6.45) is 4.80. The van der Waals surface area contributed by atoms with Crippen LogP contribution in [0.15, 0.2) is 18.3 Å². The lowest BCUT2D eigenvalue weighted by Crippen LogP contribution is -2.31. The largest absolute Gasteiger partial charge is 0.390 e. The number of hydrogen-bond donors (Lipinski definition) is 1. The molecule has 2 rings (SSSR count). The fourth-order valence-electron chi connectivity index (χ4n) is 2.43. The molecule has 2 atom stereocenters. The molecule has 1 fully saturated rings. The van der Waals surface area contributed by atoms with Crippen LogP contribution in [-0.4, -0.2) is 15.7 Å². The van der Waals surface area contributed by atoms with E-state index in [-0.39, 0.29) is 11.9 Å². The van der Waals surface area contributed by atoms with Crippen LogP contribution in [0, 0.1) is 5.95 Å². The van der Waals surface area contributed by atoms with Crippen LogP contribution in [-0.2, 0) is 0 Å². The standard InChI is InChI=1S/C12H16FNO/c1-12(15)6-2-4-9(8-12)10-5-3-7-14-11(10)13/h3,5,7,9,15H,2,4,6,8H2,1H3/t9-,12+/m0/s1. The van der Waals surface area contributed by atoms with Crippen LogP contribution in [0.25, 0.3) is 0 Å². The number of hydrogen-bond acceptors (Lipinski definition) is 2. The Hall–Kier alpha value is -0.960. The van der Waals surface area contributed by atoms with Gasteiger partial charge in [0.1, 0.15) is 0 Å². The summed E-state index contributed by atoms with van der Waals surface area (Å²) >= 11 is 0. The third-order valence-corrected chi connectivity index (χ3v) is 3.18. The minimum absolute atomic E-state index is 0.113. The van der Waals surface area contributed by atoms with Gasteiger partial charge in [-0.1, -0.05) is 6.07 Å². The molecule has 1 heterocycles. The van der Waals surface area contributed by atoms with Crippen LogP contribution in [0.1, 0.15) is 44.1 Å². The number of rotatable bonds is 1. The van der Waals surface area contributed by atoms with E-state index in [1.54, 1.807) is 12.1 Å². The molecule has 1 aliphatic rings. The Morgan fingerprint density at radius 1 is 1.60 bits per heavy atom. The van der Waals surface area contributed by atoms with Crippen molar-refractivity contribution >= 4 is 0 Å². The summed E-state index contributed by atoms with van der Waals surface area (Å²) < 4.78 is 13.4. The fraction of sp³-hybridized carbons (Fsp3) is 0.583. The van der Waals surface area contributed by atoms with Crippen molar-refractivity contribution in [3.63, 3.8) is 0 Å². The average Bonchev–Trinajstić information content (AvgIpc) is 2.17. The zero-order chi connectivity index (χ0) is 10.9. The molecule has 0 radical (unpaired) electrons. The highest BCUT2D eigenvalue weighted by atomic mass is 19.1. The number of aromatic nitrogens is 1. The van der Waals surface area contributed by atoms with Gasteiger partial charge in [-0.2, -0.15) is 4.39 Å². The van der Waals surface area contributed by atoms with Crippen LogP contribution < -0.4 is 0 Å². The Bertz CT molecular complexity index is 351. The van der Waals surface area contributed by atoms with E-state index in [4.69, 9.17) is 0 Å². The molecule has 0 bridgehead atoms. The summed E-state index contributed by atoms with van der Waals surface area (Å²) in [6, 6.07) is 3.52. The molecule has 1 aliphatic carbocycles. The maximum atomic E-state index is 13.4. The van der Waals surface area contributed by atoms with E-state index in [0.29, 0.717) is 12.0 Å². The van der Waals surface area contributed by atoms with Gasteiger partial charge in [-0.3, -0.25) is 0 Å². The van der Waals surface area contributed by atoms with Gasteiger partial charge >= 0.3 is 0 Å². The van der Waals surface area contributed by atoms with Crippen molar-refractivity contribution in [3.8, 4) is 0 Å². The minimum Gasteiger partial charge on any atom is -0.390 e. The van der Waals surface area contributed by atoms with E-state index in [1.165, 1.54) is 6.20 Å². The maximum Gasteiger partial charge on any atom is 0.216 e. The highest BCUT2D eigenvalue weighted by Gasteiger charge is 2.31. The van der Waals surface area contributed by atoms with Crippen molar-refractivity contribution < 1.29 is 9.50 Å². The van der Waals surface area contributed by atoms with Gasteiger partial charge in [0.2, 0.25) is 5.95 Å². The first kappa shape index (κ1) is 10.6. The number of nitrogens with zero attached hydrogens (tertiary/aromatic N) is 1. The van der Waals surface area contributed by atoms with E-state index in [0.717, 1.165) is 19.3 Å². The summed E-state index contributed by atoms with van der Waals surface area (Å²) in [7, 11) is 0. The SMILES string of the molecule is C[C@@]1(O)CCC[C@H](c2cccnc2F)C1. The molecule has 1 saturated carbocycles. The highest BCUT2D eigenvalue weighted by Crippen LogP contribution is 2.38. The predicted molar refractivity (Wildman–Crippen MR) is 56.0 cm³/mol. The van der Waals surface area contributed by atoms with Crippen molar-refractivity contribution in [2.24, 2.45) is 0 Å². The fourth-order valence-corrected chi connectivity index (χ4v) is 2.43. The molecule has 82 valence electrons. The Labute approximate surface area is 89.2 Å². The Kier molecular flexibility index (Phi) is 2.74. The second kappa shape index (κ2) is 3.89. The van der Waals surface area contributed by atoms with Gasteiger partial charge in [0.15, 0.2) is 0 Å². The second-order valence-corrected chi connectivity index (χ2v) is 4.67. The van der Waals surface area contributed by atoms with Crippen molar-refractivity contribution in [3.05, 3.63) is 29.8 Å². The summed E-state index contributed by atoms with van der Waals surface area (Å²) in [4.78, 5) is 3.65. The maximum absolute atomic E-state index is 13.4. The molecule has 2 nitrogen and oxygen atoms in total. The van der Waals surface area contributed by atoms with Crippen molar-refractivity contribution in [2.75, 3.05) is 0 Å². The summed E-state index contributed by atoms with van der Waals surface area (Å²) in [5.41, 5.74) is 0.00282. The van der Waals surface area contributed by atoms with Crippen LogP contribution >= 0.6 is 0 Å². The van der Waals surface area contributed by atoms with Gasteiger partial charge in [0.25, 0.3) is 0 Å². The monoisotopic (exact) mass is 209 g/mol. The van der Waals surface area contributed by atoms with Crippen LogP contribution in [0.5, 0.6) is 0 Å². The number of aliphatic hydroxyl groups is 1. The molecule has 15 heavy (non-hydrogen) atoms. The van der Waals surface area contributed by atoms with Gasteiger partial charge < -0.3 is 5.11 Å². The Balaban J connectivity index is 2.21. The number of pyridine rings is 1. The number of halogens is 1. The Morgan fingerprint density at radius 3 is 3.07 bits per heavy atom. The third-order valence-electron chi connectivity index (χ3n) is 3.18. The molecule has 0 aliphatic heterocycles. The normalized spacial score (nSPS) is 31.5. The van der Waals surface area contributed by atoms with Gasteiger partial charge in [-0.25, -0.2) is 4.98 Å². The molecule has 1 aromatic rings. The highest BCUT2D eigenvalue weighted by molar-refractivity contribution is 5.18. The summed E-state index contributed by atoms with van der Waals surface area (Å²) in [5, 5.41) is 9.95. The van der Waals surface area contributed by atoms with Crippen LogP contribution in [0.4, 0.5) is 4.39 Å². The van der Waals surface area contributed by atoms with Gasteiger partial charge in [0, 0.05) is 11.8 Å². The zero-order valence-electron chi connectivity index (χ0n) is 8.91. The lowest BCUT2D eigenvalue weighted by atomic mass is 9.76. The first-order chi connectivity index (χ1) is 7.08. The van der Waals surface area contributed by atoms with Crippen molar-refractivity contribution in [1.82, 2.24) is 4.98 Å². The summed E-state index contributed by atoms with van der Waals surface area (Å²) in [6.45, 7) is 1.83. The molecular weight excluding hydrogens is 193 g/mol. The molecule has 0 aromatic carbocycles. The minimum atomic E-state index is -0.648. The lowest BCUT2D eigenvalue weighted by Gasteiger charge is -2.34. The summed E-state index contributed by atoms with van der Waals surface area (Å²) in [5.74, 6) is -0.275. The smallest absolute Gasteiger partial charge is 0.216 e. The van der Waals surface area contributed by atoms with Gasteiger partial charge in [-0.15, -0.1) is 0 Å². The first-order valence-corrected chi connectivity index (χ1v) is 5.41. The van der Waals surface area contributed by atoms with Gasteiger partial charge in [-0.05, 0) is 44.6 Å². The lowest BCUT2D eigenvalue weighted by molar-refractivity contribution is 0.0140. The first-order valence-electron chi connectivity index (χ1n) is 5.41. The van der Waals surface area contributed by atoms with Crippen LogP contribution in [0.3, 0.4) is 0 Å². The second-order valence-electron chi connectivity index (χ2n) is 4.67. The Morgan fingerprint density at radius 2 is 2.40 bits per heavy atom. The predicted octanol–water partition coefficient (Wildman–Crippen LogP) is 2.63. The van der Waals surface area contributed by atoms with E-state index in [1.807, 2.05) is 6.92 Å². The molecule has 0 unspecified atom stereocenters. The van der Waals surface area contributed by atoms with E-state index in [9.17, 15) is 9.50 Å². The third kappa shape index (κ3) is 2.34. The molecule has 3 heteroatoms.